The van der Waals surface area contributed by atoms with Gasteiger partial charge in [-0.15, -0.1) is 0 Å². The van der Waals surface area contributed by atoms with Crippen LogP contribution < -0.4 is 16.8 Å². The Labute approximate surface area is 196 Å². The molecule has 5 N–H and O–H groups in total. The van der Waals surface area contributed by atoms with Crippen LogP contribution in [0.3, 0.4) is 0 Å². The molecule has 11 nitrogen and oxygen atoms in total. The highest BCUT2D eigenvalue weighted by Gasteiger charge is 2.27. The second-order valence-corrected chi connectivity index (χ2v) is 8.20. The Hall–Kier alpha value is -4.15. The molecule has 178 valence electrons. The number of hydrogen-bond acceptors (Lipinski definition) is 7. The number of nitrogens with two attached hydrogens (primary N) is 2. The molecule has 0 aliphatic carbocycles. The van der Waals surface area contributed by atoms with Crippen molar-refractivity contribution >= 4 is 23.0 Å². The summed E-state index contributed by atoms with van der Waals surface area (Å²) in [5.41, 5.74) is 14.5. The molecule has 0 aliphatic heterocycles. The Morgan fingerprint density at radius 1 is 1.12 bits per heavy atom. The van der Waals surface area contributed by atoms with Crippen LogP contribution in [-0.4, -0.2) is 42.2 Å². The maximum atomic E-state index is 12.2. The highest BCUT2D eigenvalue weighted by Crippen LogP contribution is 2.32. The van der Waals surface area contributed by atoms with Crippen molar-refractivity contribution in [1.29, 1.82) is 0 Å². The number of nitrogens with one attached hydrogen (secondary N) is 1. The van der Waals surface area contributed by atoms with Crippen LogP contribution in [0.2, 0.25) is 0 Å². The summed E-state index contributed by atoms with van der Waals surface area (Å²) < 4.78 is 9.11. The Bertz CT molecular complexity index is 1340. The zero-order valence-electron chi connectivity index (χ0n) is 19.4. The first-order valence-corrected chi connectivity index (χ1v) is 11.2. The second kappa shape index (κ2) is 9.38. The van der Waals surface area contributed by atoms with Crippen LogP contribution in [0.5, 0.6) is 0 Å². The maximum Gasteiger partial charge on any atom is 0.270 e. The van der Waals surface area contributed by atoms with Gasteiger partial charge in [-0.3, -0.25) is 14.3 Å². The first-order valence-electron chi connectivity index (χ1n) is 11.2. The molecule has 2 atom stereocenters. The van der Waals surface area contributed by atoms with Crippen LogP contribution >= 0.6 is 0 Å². The van der Waals surface area contributed by atoms with Crippen molar-refractivity contribution in [3.63, 3.8) is 0 Å². The minimum absolute atomic E-state index is 0.0799. The highest BCUT2D eigenvalue weighted by molar-refractivity contribution is 6.02. The highest BCUT2D eigenvalue weighted by atomic mass is 16.3. The molecule has 0 aliphatic rings. The van der Waals surface area contributed by atoms with Gasteiger partial charge in [-0.1, -0.05) is 13.3 Å². The standard InChI is InChI=1S/C23H28N8O3/c1-4-6-16(23-29-18(12-34-23)22(25)33)13(3)28-20-17(21(24)32)9-27-31-11-14(7-19(20)31)15-8-26-30(5-2)10-15/h7-13,16,28H,4-6H2,1-3H3,(H2,24,32)(H2,25,33)/t13-,16-/m1/s1. The number of fused-ring (bicyclic) bond motifs is 1. The minimum Gasteiger partial charge on any atom is -0.448 e. The fraction of sp³-hybridized carbons (Fsp3) is 0.348. The third-order valence-corrected chi connectivity index (χ3v) is 5.86. The predicted molar refractivity (Wildman–Crippen MR) is 126 cm³/mol. The van der Waals surface area contributed by atoms with E-state index in [0.717, 1.165) is 30.5 Å². The van der Waals surface area contributed by atoms with Gasteiger partial charge in [0.2, 0.25) is 0 Å². The third-order valence-electron chi connectivity index (χ3n) is 5.86. The zero-order chi connectivity index (χ0) is 24.4. The van der Waals surface area contributed by atoms with E-state index < -0.39 is 11.8 Å². The molecule has 4 aromatic rings. The fourth-order valence-electron chi connectivity index (χ4n) is 4.04. The molecule has 11 heteroatoms. The van der Waals surface area contributed by atoms with Gasteiger partial charge in [0, 0.05) is 36.1 Å². The number of nitrogens with zero attached hydrogens (tertiary/aromatic N) is 5. The lowest BCUT2D eigenvalue weighted by molar-refractivity contribution is 0.0989. The van der Waals surface area contributed by atoms with Crippen molar-refractivity contribution < 1.29 is 14.0 Å². The lowest BCUT2D eigenvalue weighted by Gasteiger charge is -2.24. The number of amides is 2. The Morgan fingerprint density at radius 3 is 2.53 bits per heavy atom. The molecule has 4 aromatic heterocycles. The first-order chi connectivity index (χ1) is 16.3. The molecule has 0 aromatic carbocycles. The number of carbonyl (C=O) groups excluding carboxylic acids is 2. The summed E-state index contributed by atoms with van der Waals surface area (Å²) in [6.45, 7) is 6.79. The molecular formula is C23H28N8O3. The molecule has 34 heavy (non-hydrogen) atoms. The van der Waals surface area contributed by atoms with Gasteiger partial charge in [0.15, 0.2) is 11.6 Å². The van der Waals surface area contributed by atoms with E-state index in [4.69, 9.17) is 15.9 Å². The quantitative estimate of drug-likeness (QED) is 0.325. The molecule has 4 heterocycles. The van der Waals surface area contributed by atoms with Gasteiger partial charge in [-0.25, -0.2) is 9.50 Å². The van der Waals surface area contributed by atoms with Gasteiger partial charge in [-0.05, 0) is 26.3 Å². The summed E-state index contributed by atoms with van der Waals surface area (Å²) in [6, 6.07) is 1.72. The zero-order valence-corrected chi connectivity index (χ0v) is 19.4. The number of aromatic nitrogens is 5. The van der Waals surface area contributed by atoms with Crippen molar-refractivity contribution in [1.82, 2.24) is 24.4 Å². The SMILES string of the molecule is CCC[C@@H](c1nc(C(N)=O)co1)[C@@H](C)Nc1c(C(N)=O)cnn2cc(-c3cnn(CC)c3)cc12. The van der Waals surface area contributed by atoms with E-state index >= 15 is 0 Å². The monoisotopic (exact) mass is 464 g/mol. The van der Waals surface area contributed by atoms with E-state index in [2.05, 4.69) is 20.5 Å². The van der Waals surface area contributed by atoms with Gasteiger partial charge in [-0.2, -0.15) is 10.2 Å². The van der Waals surface area contributed by atoms with Crippen molar-refractivity contribution in [2.24, 2.45) is 11.5 Å². The summed E-state index contributed by atoms with van der Waals surface area (Å²) in [5.74, 6) is -1.01. The maximum absolute atomic E-state index is 12.2. The van der Waals surface area contributed by atoms with Gasteiger partial charge < -0.3 is 21.2 Å². The average molecular weight is 465 g/mol. The lowest BCUT2D eigenvalue weighted by Crippen LogP contribution is -2.27. The molecular weight excluding hydrogens is 436 g/mol. The van der Waals surface area contributed by atoms with Crippen LogP contribution in [0.25, 0.3) is 16.6 Å². The summed E-state index contributed by atoms with van der Waals surface area (Å²) in [5, 5.41) is 12.1. The summed E-state index contributed by atoms with van der Waals surface area (Å²) in [7, 11) is 0. The number of carbonyl (C=O) groups is 2. The van der Waals surface area contributed by atoms with E-state index in [1.165, 1.54) is 12.5 Å². The molecule has 2 amide bonds. The second-order valence-electron chi connectivity index (χ2n) is 8.20. The predicted octanol–water partition coefficient (Wildman–Crippen LogP) is 2.79. The lowest BCUT2D eigenvalue weighted by atomic mass is 9.95. The minimum atomic E-state index is -0.648. The van der Waals surface area contributed by atoms with Crippen molar-refractivity contribution in [2.75, 3.05) is 5.32 Å². The Morgan fingerprint density at radius 2 is 1.91 bits per heavy atom. The summed E-state index contributed by atoms with van der Waals surface area (Å²) in [4.78, 5) is 28.0. The molecule has 0 bridgehead atoms. The molecule has 0 radical (unpaired) electrons. The number of anilines is 1. The largest absolute Gasteiger partial charge is 0.448 e. The number of rotatable bonds is 10. The van der Waals surface area contributed by atoms with Crippen LogP contribution in [-0.2, 0) is 6.54 Å². The van der Waals surface area contributed by atoms with E-state index in [0.29, 0.717) is 17.1 Å². The molecule has 0 unspecified atom stereocenters. The molecule has 4 rings (SSSR count). The molecule has 0 saturated carbocycles. The summed E-state index contributed by atoms with van der Waals surface area (Å²) in [6.07, 6.45) is 9.94. The van der Waals surface area contributed by atoms with Gasteiger partial charge in [0.05, 0.1) is 35.1 Å². The first kappa shape index (κ1) is 23.0. The molecule has 0 saturated heterocycles. The van der Waals surface area contributed by atoms with Gasteiger partial charge >= 0.3 is 0 Å². The number of hydrogen-bond donors (Lipinski definition) is 3. The van der Waals surface area contributed by atoms with Crippen LogP contribution in [0.4, 0.5) is 5.69 Å². The number of oxazole rings is 1. The molecule has 0 fully saturated rings. The van der Waals surface area contributed by atoms with Crippen LogP contribution in [0.1, 0.15) is 66.3 Å². The van der Waals surface area contributed by atoms with E-state index in [1.807, 2.05) is 43.9 Å². The van der Waals surface area contributed by atoms with E-state index in [-0.39, 0.29) is 23.2 Å². The van der Waals surface area contributed by atoms with Crippen molar-refractivity contribution in [3.05, 3.63) is 54.3 Å². The Balaban J connectivity index is 1.73. The fourth-order valence-corrected chi connectivity index (χ4v) is 4.04. The average Bonchev–Trinajstić information content (AvgIpc) is 3.56. The summed E-state index contributed by atoms with van der Waals surface area (Å²) >= 11 is 0. The van der Waals surface area contributed by atoms with Crippen LogP contribution in [0.15, 0.2) is 41.5 Å². The van der Waals surface area contributed by atoms with Gasteiger partial charge in [0.25, 0.3) is 11.8 Å². The third kappa shape index (κ3) is 4.36. The molecule has 0 spiro atoms. The Kier molecular flexibility index (Phi) is 6.35. The van der Waals surface area contributed by atoms with Crippen LogP contribution in [0, 0.1) is 0 Å². The van der Waals surface area contributed by atoms with E-state index in [9.17, 15) is 9.59 Å². The topological polar surface area (TPSA) is 159 Å². The van der Waals surface area contributed by atoms with E-state index in [1.54, 1.807) is 10.7 Å². The smallest absolute Gasteiger partial charge is 0.270 e. The van der Waals surface area contributed by atoms with Gasteiger partial charge in [0.1, 0.15) is 6.26 Å². The number of primary amides is 2. The van der Waals surface area contributed by atoms with Crippen molar-refractivity contribution in [2.45, 2.75) is 52.1 Å². The van der Waals surface area contributed by atoms with Crippen molar-refractivity contribution in [3.8, 4) is 11.1 Å². The number of aryl methyl sites for hydroxylation is 1. The normalized spacial score (nSPS) is 13.1.